The van der Waals surface area contributed by atoms with Gasteiger partial charge in [0.1, 0.15) is 0 Å². The van der Waals surface area contributed by atoms with Crippen LogP contribution in [0.25, 0.3) is 0 Å². The molecule has 0 spiro atoms. The normalized spacial score (nSPS) is 3.20. The summed E-state index contributed by atoms with van der Waals surface area (Å²) in [6.07, 6.45) is 0. The fraction of sp³-hybridized carbons (Fsp3) is 0. The number of hydrogen-bond donors (Lipinski definition) is 6. The van der Waals surface area contributed by atoms with Crippen LogP contribution < -0.4 is 23.8 Å². The number of hydrogen-bond acceptors (Lipinski definition) is 5. The van der Waals surface area contributed by atoms with Gasteiger partial charge >= 0.3 is 0 Å². The monoisotopic (exact) mass is 188 g/mol. The van der Waals surface area contributed by atoms with Gasteiger partial charge in [0.05, 0.1) is 5.16 Å². The van der Waals surface area contributed by atoms with E-state index in [1.807, 2.05) is 0 Å². The van der Waals surface area contributed by atoms with Crippen molar-refractivity contribution in [2.24, 2.45) is 11.5 Å². The summed E-state index contributed by atoms with van der Waals surface area (Å²) in [6, 6.07) is 0. The Labute approximate surface area is 70.9 Å². The summed E-state index contributed by atoms with van der Waals surface area (Å²) in [5.74, 6) is -0.333. The van der Waals surface area contributed by atoms with Crippen LogP contribution >= 0.6 is 24.6 Å². The molecule has 0 aromatic heterocycles. The Morgan fingerprint density at radius 3 is 1.30 bits per heavy atom. The second-order valence-corrected chi connectivity index (χ2v) is 0.762. The first-order valence-electron chi connectivity index (χ1n) is 1.28. The van der Waals surface area contributed by atoms with Gasteiger partial charge in [0.15, 0.2) is 5.96 Å². The van der Waals surface area contributed by atoms with Crippen molar-refractivity contribution in [2.45, 2.75) is 0 Å². The lowest BCUT2D eigenvalue weighted by atomic mass is 11.1. The number of guanidine groups is 1. The van der Waals surface area contributed by atoms with Gasteiger partial charge in [-0.25, -0.2) is 5.41 Å². The molecule has 64 valence electrons. The molecule has 0 saturated carbocycles. The Bertz CT molecular complexity index is 83.7. The van der Waals surface area contributed by atoms with E-state index in [1.54, 1.807) is 5.16 Å². The van der Waals surface area contributed by atoms with Crippen LogP contribution in [0.5, 0.6) is 0 Å². The highest BCUT2D eigenvalue weighted by Crippen LogP contribution is 1.16. The quantitative estimate of drug-likeness (QED) is 0.182. The first-order valence-corrected chi connectivity index (χ1v) is 1.69. The van der Waals surface area contributed by atoms with Gasteiger partial charge in [0, 0.05) is 0 Å². The van der Waals surface area contributed by atoms with Crippen molar-refractivity contribution in [2.75, 3.05) is 0 Å². The van der Waals surface area contributed by atoms with Gasteiger partial charge in [-0.2, -0.15) is 0 Å². The van der Waals surface area contributed by atoms with E-state index in [9.17, 15) is 0 Å². The van der Waals surface area contributed by atoms with Crippen LogP contribution in [0.2, 0.25) is 0 Å². The maximum absolute atomic E-state index is 6.06. The summed E-state index contributed by atoms with van der Waals surface area (Å²) in [6.45, 7) is 0. The van der Waals surface area contributed by atoms with Crippen molar-refractivity contribution in [1.82, 2.24) is 12.3 Å². The topological polar surface area (TPSA) is 170 Å². The molecule has 0 heterocycles. The smallest absolute Gasteiger partial charge is 0.183 e. The molecule has 0 bridgehead atoms. The Kier molecular flexibility index (Phi) is 142. The molecule has 0 saturated heterocycles. The number of halogens is 1. The predicted octanol–water partition coefficient (Wildman–Crippen LogP) is 0.252. The highest BCUT2D eigenvalue weighted by Gasteiger charge is 1.52. The molecule has 6 nitrogen and oxygen atoms in total. The minimum Gasteiger partial charge on any atom is -0.370 e. The molecular weight excluding hydrogens is 176 g/mol. The Morgan fingerprint density at radius 2 is 1.30 bits per heavy atom. The fourth-order valence-electron chi connectivity index (χ4n) is 0. The van der Waals surface area contributed by atoms with E-state index in [0.717, 1.165) is 0 Å². The Morgan fingerprint density at radius 1 is 1.30 bits per heavy atom. The van der Waals surface area contributed by atoms with Crippen LogP contribution in [0.4, 0.5) is 0 Å². The van der Waals surface area contributed by atoms with Crippen LogP contribution in [-0.4, -0.2) is 11.1 Å². The average molecular weight is 189 g/mol. The maximum Gasteiger partial charge on any atom is 0.183 e. The van der Waals surface area contributed by atoms with Gasteiger partial charge in [-0.3, -0.25) is 5.41 Å². The molecule has 0 rings (SSSR count). The van der Waals surface area contributed by atoms with E-state index in [4.69, 9.17) is 10.8 Å². The fourth-order valence-corrected chi connectivity index (χ4v) is 0. The molecule has 10 heavy (non-hydrogen) atoms. The molecule has 8 heteroatoms. The zero-order valence-electron chi connectivity index (χ0n) is 5.39. The van der Waals surface area contributed by atoms with Gasteiger partial charge in [-0.1, -0.05) is 0 Å². The Balaban J connectivity index is -0.0000000131. The third-order valence-corrected chi connectivity index (χ3v) is 0. The van der Waals surface area contributed by atoms with Crippen molar-refractivity contribution in [3.63, 3.8) is 0 Å². The molecule has 0 amide bonds. The summed E-state index contributed by atoms with van der Waals surface area (Å²) in [7, 11) is 0. The zero-order valence-corrected chi connectivity index (χ0v) is 7.02. The molecule has 0 aliphatic heterocycles. The highest BCUT2D eigenvalue weighted by atomic mass is 35.5. The molecule has 0 aliphatic carbocycles. The first-order chi connectivity index (χ1) is 3.15. The molecule has 0 atom stereocenters. The highest BCUT2D eigenvalue weighted by molar-refractivity contribution is 7.78. The minimum atomic E-state index is -0.333. The SMILES string of the molecule is Cl.N.N.N=C(N)N.N=C=S. The maximum atomic E-state index is 6.06. The van der Waals surface area contributed by atoms with E-state index in [-0.39, 0.29) is 30.7 Å². The van der Waals surface area contributed by atoms with Crippen molar-refractivity contribution in [3.8, 4) is 0 Å². The molecule has 0 unspecified atom stereocenters. The number of isothiocyanates is 1. The third kappa shape index (κ3) is 554. The van der Waals surface area contributed by atoms with Crippen LogP contribution in [0.3, 0.4) is 0 Å². The van der Waals surface area contributed by atoms with E-state index >= 15 is 0 Å². The molecule has 0 aliphatic rings. The largest absolute Gasteiger partial charge is 0.370 e. The van der Waals surface area contributed by atoms with E-state index < -0.39 is 0 Å². The van der Waals surface area contributed by atoms with E-state index in [2.05, 4.69) is 23.7 Å². The molecule has 0 fully saturated rings. The third-order valence-electron chi connectivity index (χ3n) is 0. The van der Waals surface area contributed by atoms with Gasteiger partial charge in [0.2, 0.25) is 0 Å². The van der Waals surface area contributed by atoms with E-state index in [0.29, 0.717) is 0 Å². The first kappa shape index (κ1) is 34.7. The average Bonchev–Trinajstić information content (AvgIpc) is 1.33. The molecule has 0 aromatic carbocycles. The summed E-state index contributed by atoms with van der Waals surface area (Å²) < 4.78 is 0. The van der Waals surface area contributed by atoms with E-state index in [1.165, 1.54) is 0 Å². The van der Waals surface area contributed by atoms with Gasteiger partial charge in [0.25, 0.3) is 0 Å². The molecule has 0 radical (unpaired) electrons. The summed E-state index contributed by atoms with van der Waals surface area (Å²) in [5.41, 5.74) is 8.94. The lowest BCUT2D eigenvalue weighted by molar-refractivity contribution is 1.39. The summed E-state index contributed by atoms with van der Waals surface area (Å²) >= 11 is 3.81. The lowest BCUT2D eigenvalue weighted by Gasteiger charge is -1.69. The summed E-state index contributed by atoms with van der Waals surface area (Å²) in [5, 5.41) is 13.4. The standard InChI is InChI=1S/CH5N3.CHNS.ClH.2H3N/c2-1(3)4;2-1-3;;;/h(H5,2,3,4);2H;1H;2*1H3. The number of thiocarbonyl (C=S) groups is 1. The van der Waals surface area contributed by atoms with Gasteiger partial charge in [-0.05, 0) is 12.2 Å². The predicted molar refractivity (Wildman–Crippen MR) is 48.7 cm³/mol. The number of nitrogens with one attached hydrogen (secondary N) is 2. The molecule has 0 aromatic rings. The Hall–Kier alpha value is -0.720. The van der Waals surface area contributed by atoms with Crippen molar-refractivity contribution < 1.29 is 0 Å². The molecule has 12 N–H and O–H groups in total. The van der Waals surface area contributed by atoms with Crippen LogP contribution in [-0.2, 0) is 0 Å². The van der Waals surface area contributed by atoms with Crippen molar-refractivity contribution >= 4 is 35.7 Å². The number of rotatable bonds is 0. The zero-order chi connectivity index (χ0) is 6.28. The second-order valence-electron chi connectivity index (χ2n) is 0.557. The van der Waals surface area contributed by atoms with Gasteiger partial charge in [-0.15, -0.1) is 12.4 Å². The minimum absolute atomic E-state index is 0. The van der Waals surface area contributed by atoms with Crippen LogP contribution in [0.1, 0.15) is 0 Å². The summed E-state index contributed by atoms with van der Waals surface area (Å²) in [4.78, 5) is 0. The molecular formula is C2H13ClN6S. The van der Waals surface area contributed by atoms with Gasteiger partial charge < -0.3 is 23.8 Å². The van der Waals surface area contributed by atoms with Crippen LogP contribution in [0.15, 0.2) is 0 Å². The number of nitrogens with two attached hydrogens (primary N) is 2. The van der Waals surface area contributed by atoms with Crippen molar-refractivity contribution in [1.29, 1.82) is 10.8 Å². The van der Waals surface area contributed by atoms with Crippen LogP contribution in [0, 0.1) is 10.8 Å². The lowest BCUT2D eigenvalue weighted by Crippen LogP contribution is -2.20. The van der Waals surface area contributed by atoms with Crippen molar-refractivity contribution in [3.05, 3.63) is 0 Å². The second kappa shape index (κ2) is 40.8.